The lowest BCUT2D eigenvalue weighted by atomic mass is 10.3. The van der Waals surface area contributed by atoms with Crippen molar-refractivity contribution in [3.63, 3.8) is 0 Å². The lowest BCUT2D eigenvalue weighted by Gasteiger charge is -2.10. The first kappa shape index (κ1) is 20.6. The van der Waals surface area contributed by atoms with Crippen molar-refractivity contribution in [1.82, 2.24) is 14.5 Å². The van der Waals surface area contributed by atoms with E-state index in [1.807, 2.05) is 29.1 Å². The first-order valence-corrected chi connectivity index (χ1v) is 11.2. The number of esters is 1. The molecule has 0 saturated carbocycles. The van der Waals surface area contributed by atoms with Gasteiger partial charge in [0.25, 0.3) is 10.0 Å². The van der Waals surface area contributed by atoms with Crippen molar-refractivity contribution in [3.8, 4) is 17.4 Å². The SMILES string of the molecule is COC(=O)c1sccc1S(=O)(=O)Nc1ccc(Oc2cc(-n3cccc3)ncn2)cc1. The average molecular weight is 457 g/mol. The fourth-order valence-electron chi connectivity index (χ4n) is 2.69. The van der Waals surface area contributed by atoms with Crippen LogP contribution in [-0.4, -0.2) is 36.0 Å². The predicted octanol–water partition coefficient (Wildman–Crippen LogP) is 3.71. The van der Waals surface area contributed by atoms with Crippen molar-refractivity contribution >= 4 is 33.0 Å². The second-order valence-electron chi connectivity index (χ2n) is 6.14. The number of thiophene rings is 1. The smallest absolute Gasteiger partial charge is 0.349 e. The van der Waals surface area contributed by atoms with E-state index in [0.29, 0.717) is 23.1 Å². The highest BCUT2D eigenvalue weighted by molar-refractivity contribution is 7.93. The Morgan fingerprint density at radius 1 is 1.10 bits per heavy atom. The third-order valence-electron chi connectivity index (χ3n) is 4.11. The Balaban J connectivity index is 1.48. The van der Waals surface area contributed by atoms with Gasteiger partial charge in [-0.05, 0) is 47.8 Å². The van der Waals surface area contributed by atoms with Gasteiger partial charge in [0, 0.05) is 24.1 Å². The molecular weight excluding hydrogens is 440 g/mol. The molecule has 4 rings (SSSR count). The molecule has 1 N–H and O–H groups in total. The monoisotopic (exact) mass is 456 g/mol. The first-order chi connectivity index (χ1) is 15.0. The summed E-state index contributed by atoms with van der Waals surface area (Å²) < 4.78 is 40.0. The normalized spacial score (nSPS) is 11.1. The van der Waals surface area contributed by atoms with Crippen molar-refractivity contribution < 1.29 is 22.7 Å². The minimum absolute atomic E-state index is 0.0113. The zero-order valence-electron chi connectivity index (χ0n) is 16.1. The summed E-state index contributed by atoms with van der Waals surface area (Å²) in [6.45, 7) is 0. The largest absolute Gasteiger partial charge is 0.465 e. The average Bonchev–Trinajstić information content (AvgIpc) is 3.47. The summed E-state index contributed by atoms with van der Waals surface area (Å²) in [6.07, 6.45) is 5.10. The van der Waals surface area contributed by atoms with E-state index in [4.69, 9.17) is 4.74 Å². The summed E-state index contributed by atoms with van der Waals surface area (Å²) in [6, 6.07) is 13.1. The van der Waals surface area contributed by atoms with Crippen LogP contribution in [0.15, 0.2) is 77.5 Å². The Bertz CT molecular complexity index is 1300. The molecule has 0 aliphatic carbocycles. The Morgan fingerprint density at radius 2 is 1.84 bits per heavy atom. The van der Waals surface area contributed by atoms with Crippen molar-refractivity contribution in [2.24, 2.45) is 0 Å². The van der Waals surface area contributed by atoms with Gasteiger partial charge >= 0.3 is 5.97 Å². The maximum absolute atomic E-state index is 12.7. The molecular formula is C20H16N4O5S2. The highest BCUT2D eigenvalue weighted by atomic mass is 32.2. The molecule has 0 unspecified atom stereocenters. The van der Waals surface area contributed by atoms with Crippen LogP contribution in [0.2, 0.25) is 0 Å². The molecule has 0 amide bonds. The minimum atomic E-state index is -3.96. The van der Waals surface area contributed by atoms with Crippen molar-refractivity contribution in [2.45, 2.75) is 4.90 Å². The summed E-state index contributed by atoms with van der Waals surface area (Å²) in [5, 5.41) is 1.52. The number of anilines is 1. The van der Waals surface area contributed by atoms with Crippen LogP contribution in [0.1, 0.15) is 9.67 Å². The Kier molecular flexibility index (Phi) is 5.69. The van der Waals surface area contributed by atoms with Crippen LogP contribution < -0.4 is 9.46 Å². The van der Waals surface area contributed by atoms with E-state index in [2.05, 4.69) is 19.4 Å². The van der Waals surface area contributed by atoms with Gasteiger partial charge < -0.3 is 14.0 Å². The molecule has 0 aliphatic heterocycles. The van der Waals surface area contributed by atoms with E-state index in [1.165, 1.54) is 24.9 Å². The second-order valence-corrected chi connectivity index (χ2v) is 8.71. The molecule has 0 atom stereocenters. The number of methoxy groups -OCH3 is 1. The number of nitrogens with zero attached hydrogens (tertiary/aromatic N) is 3. The van der Waals surface area contributed by atoms with E-state index in [1.54, 1.807) is 30.3 Å². The maximum Gasteiger partial charge on any atom is 0.349 e. The first-order valence-electron chi connectivity index (χ1n) is 8.88. The number of hydrogen-bond acceptors (Lipinski definition) is 8. The number of carbonyl (C=O) groups is 1. The standard InChI is InChI=1S/C20H16N4O5S2/c1-28-20(25)19-16(8-11-30-19)31(26,27)23-14-4-6-15(7-5-14)29-18-12-17(21-13-22-18)24-9-2-3-10-24/h2-13,23H,1H3. The molecule has 0 aliphatic rings. The molecule has 31 heavy (non-hydrogen) atoms. The van der Waals surface area contributed by atoms with Crippen LogP contribution in [0.25, 0.3) is 5.82 Å². The number of rotatable bonds is 7. The molecule has 1 aromatic carbocycles. The Morgan fingerprint density at radius 3 is 2.55 bits per heavy atom. The lowest BCUT2D eigenvalue weighted by molar-refractivity contribution is 0.0602. The van der Waals surface area contributed by atoms with Crippen LogP contribution in [0.3, 0.4) is 0 Å². The molecule has 4 aromatic rings. The van der Waals surface area contributed by atoms with E-state index >= 15 is 0 Å². The van der Waals surface area contributed by atoms with Gasteiger partial charge in [0.1, 0.15) is 27.7 Å². The zero-order chi connectivity index (χ0) is 21.8. The fourth-order valence-corrected chi connectivity index (χ4v) is 5.08. The second kappa shape index (κ2) is 8.58. The molecule has 0 saturated heterocycles. The van der Waals surface area contributed by atoms with E-state index < -0.39 is 16.0 Å². The van der Waals surface area contributed by atoms with Gasteiger partial charge in [0.05, 0.1) is 7.11 Å². The van der Waals surface area contributed by atoms with Crippen LogP contribution >= 0.6 is 11.3 Å². The van der Waals surface area contributed by atoms with Gasteiger partial charge in [-0.15, -0.1) is 11.3 Å². The van der Waals surface area contributed by atoms with Crippen LogP contribution in [0, 0.1) is 0 Å². The Labute approximate surface area is 182 Å². The third kappa shape index (κ3) is 4.57. The quantitative estimate of drug-likeness (QED) is 0.422. The maximum atomic E-state index is 12.7. The van der Waals surface area contributed by atoms with Crippen molar-refractivity contribution in [3.05, 3.63) is 77.5 Å². The number of carbonyl (C=O) groups excluding carboxylic acids is 1. The minimum Gasteiger partial charge on any atom is -0.465 e. The molecule has 0 spiro atoms. The lowest BCUT2D eigenvalue weighted by Crippen LogP contribution is -2.15. The van der Waals surface area contributed by atoms with Gasteiger partial charge in [-0.25, -0.2) is 23.2 Å². The highest BCUT2D eigenvalue weighted by Gasteiger charge is 2.24. The molecule has 9 nitrogen and oxygen atoms in total. The third-order valence-corrected chi connectivity index (χ3v) is 6.56. The Hall–Kier alpha value is -3.70. The van der Waals surface area contributed by atoms with Crippen LogP contribution in [0.5, 0.6) is 11.6 Å². The van der Waals surface area contributed by atoms with Gasteiger partial charge in [-0.1, -0.05) is 0 Å². The van der Waals surface area contributed by atoms with E-state index in [-0.39, 0.29) is 9.77 Å². The van der Waals surface area contributed by atoms with Crippen LogP contribution in [-0.2, 0) is 14.8 Å². The summed E-state index contributed by atoms with van der Waals surface area (Å²) in [4.78, 5) is 19.9. The zero-order valence-corrected chi connectivity index (χ0v) is 17.8. The van der Waals surface area contributed by atoms with Crippen molar-refractivity contribution in [2.75, 3.05) is 11.8 Å². The molecule has 0 fully saturated rings. The van der Waals surface area contributed by atoms with Gasteiger partial charge in [-0.3, -0.25) is 4.72 Å². The van der Waals surface area contributed by atoms with Gasteiger partial charge in [0.15, 0.2) is 0 Å². The van der Waals surface area contributed by atoms with Crippen molar-refractivity contribution in [1.29, 1.82) is 0 Å². The topological polar surface area (TPSA) is 112 Å². The number of sulfonamides is 1. The highest BCUT2D eigenvalue weighted by Crippen LogP contribution is 2.27. The van der Waals surface area contributed by atoms with E-state index in [9.17, 15) is 13.2 Å². The summed E-state index contributed by atoms with van der Waals surface area (Å²) in [5.41, 5.74) is 0.310. The summed E-state index contributed by atoms with van der Waals surface area (Å²) in [7, 11) is -2.76. The number of aromatic nitrogens is 3. The molecule has 3 heterocycles. The van der Waals surface area contributed by atoms with Gasteiger partial charge in [0.2, 0.25) is 5.88 Å². The molecule has 3 aromatic heterocycles. The number of hydrogen-bond donors (Lipinski definition) is 1. The number of nitrogens with one attached hydrogen (secondary N) is 1. The predicted molar refractivity (Wildman–Crippen MR) is 114 cm³/mol. The number of ether oxygens (including phenoxy) is 2. The molecule has 158 valence electrons. The van der Waals surface area contributed by atoms with Gasteiger partial charge in [-0.2, -0.15) is 0 Å². The van der Waals surface area contributed by atoms with Crippen LogP contribution in [0.4, 0.5) is 5.69 Å². The summed E-state index contributed by atoms with van der Waals surface area (Å²) >= 11 is 0.996. The van der Waals surface area contributed by atoms with E-state index in [0.717, 1.165) is 11.3 Å². The summed E-state index contributed by atoms with van der Waals surface area (Å²) in [5.74, 6) is 0.749. The number of benzene rings is 1. The molecule has 11 heteroatoms. The molecule has 0 bridgehead atoms. The fraction of sp³-hybridized carbons (Fsp3) is 0.0500. The molecule has 0 radical (unpaired) electrons.